The first-order chi connectivity index (χ1) is 16.4. The Morgan fingerprint density at radius 3 is 2.41 bits per heavy atom. The second kappa shape index (κ2) is 8.92. The van der Waals surface area contributed by atoms with Gasteiger partial charge in [-0.1, -0.05) is 0 Å². The minimum atomic E-state index is -1.07. The third kappa shape index (κ3) is 4.27. The highest BCUT2D eigenvalue weighted by Crippen LogP contribution is 2.33. The van der Waals surface area contributed by atoms with E-state index in [-0.39, 0.29) is 30.3 Å². The van der Waals surface area contributed by atoms with Gasteiger partial charge in [-0.05, 0) is 37.1 Å². The van der Waals surface area contributed by atoms with E-state index in [9.17, 15) is 22.4 Å². The molecule has 2 aromatic carbocycles. The summed E-state index contributed by atoms with van der Waals surface area (Å²) < 4.78 is 60.5. The molecule has 6 nitrogen and oxygen atoms in total. The first kappa shape index (κ1) is 22.1. The Kier molecular flexibility index (Phi) is 5.80. The topological polar surface area (TPSA) is 58.6 Å². The average molecular weight is 472 g/mol. The van der Waals surface area contributed by atoms with Crippen LogP contribution in [-0.2, 0) is 13.0 Å². The standard InChI is InChI=1S/C24H20F4N4O2/c25-14-3-5-16(19(27)11-14)23(33)32-10-7-21-17(13-32)22(30-24(29-21)31-8-1-2-9-31)34-15-4-6-18(26)20(28)12-15/h3-6,11-12H,1-2,7-10,13H2. The largest absolute Gasteiger partial charge is 0.438 e. The Balaban J connectivity index is 1.49. The van der Waals surface area contributed by atoms with Crippen LogP contribution in [0.4, 0.5) is 23.5 Å². The molecule has 176 valence electrons. The van der Waals surface area contributed by atoms with Gasteiger partial charge in [0, 0.05) is 38.2 Å². The number of anilines is 1. The smallest absolute Gasteiger partial charge is 0.257 e. The van der Waals surface area contributed by atoms with Crippen molar-refractivity contribution in [1.29, 1.82) is 0 Å². The van der Waals surface area contributed by atoms with Gasteiger partial charge in [0.2, 0.25) is 11.8 Å². The number of benzene rings is 2. The molecule has 0 N–H and O–H groups in total. The number of fused-ring (bicyclic) bond motifs is 1. The van der Waals surface area contributed by atoms with Gasteiger partial charge in [-0.2, -0.15) is 4.98 Å². The van der Waals surface area contributed by atoms with E-state index in [4.69, 9.17) is 4.74 Å². The lowest BCUT2D eigenvalue weighted by atomic mass is 10.0. The summed E-state index contributed by atoms with van der Waals surface area (Å²) in [7, 11) is 0. The number of hydrogen-bond donors (Lipinski definition) is 0. The molecule has 0 aliphatic carbocycles. The summed E-state index contributed by atoms with van der Waals surface area (Å²) in [5, 5.41) is 0. The van der Waals surface area contributed by atoms with Crippen molar-refractivity contribution in [2.75, 3.05) is 24.5 Å². The van der Waals surface area contributed by atoms with Gasteiger partial charge in [-0.15, -0.1) is 0 Å². The highest BCUT2D eigenvalue weighted by molar-refractivity contribution is 5.94. The van der Waals surface area contributed by atoms with Crippen LogP contribution in [-0.4, -0.2) is 40.4 Å². The minimum Gasteiger partial charge on any atom is -0.438 e. The summed E-state index contributed by atoms with van der Waals surface area (Å²) in [6.45, 7) is 1.86. The molecular weight excluding hydrogens is 452 g/mol. The number of hydrogen-bond acceptors (Lipinski definition) is 5. The van der Waals surface area contributed by atoms with Crippen molar-refractivity contribution in [3.05, 3.63) is 76.5 Å². The average Bonchev–Trinajstić information content (AvgIpc) is 3.36. The van der Waals surface area contributed by atoms with Crippen LogP contribution in [0.3, 0.4) is 0 Å². The van der Waals surface area contributed by atoms with Crippen LogP contribution in [0.25, 0.3) is 0 Å². The SMILES string of the molecule is O=C(c1ccc(F)cc1F)N1CCc2nc(N3CCCC3)nc(Oc3ccc(F)c(F)c3)c2C1. The van der Waals surface area contributed by atoms with Crippen molar-refractivity contribution in [3.8, 4) is 11.6 Å². The molecule has 1 aromatic heterocycles. The van der Waals surface area contributed by atoms with Gasteiger partial charge in [0.05, 0.1) is 23.4 Å². The number of rotatable bonds is 4. The zero-order chi connectivity index (χ0) is 23.8. The maximum absolute atomic E-state index is 14.2. The van der Waals surface area contributed by atoms with Gasteiger partial charge in [0.15, 0.2) is 11.6 Å². The van der Waals surface area contributed by atoms with Crippen LogP contribution in [0.15, 0.2) is 36.4 Å². The molecule has 0 spiro atoms. The fraction of sp³-hybridized carbons (Fsp3) is 0.292. The van der Waals surface area contributed by atoms with E-state index in [0.717, 1.165) is 50.2 Å². The summed E-state index contributed by atoms with van der Waals surface area (Å²) in [5.74, 6) is -3.77. The molecule has 5 rings (SSSR count). The molecule has 0 bridgehead atoms. The van der Waals surface area contributed by atoms with Crippen molar-refractivity contribution in [2.24, 2.45) is 0 Å². The van der Waals surface area contributed by atoms with Crippen LogP contribution < -0.4 is 9.64 Å². The van der Waals surface area contributed by atoms with Crippen LogP contribution in [0.2, 0.25) is 0 Å². The predicted molar refractivity (Wildman–Crippen MR) is 115 cm³/mol. The van der Waals surface area contributed by atoms with Crippen molar-refractivity contribution in [3.63, 3.8) is 0 Å². The quantitative estimate of drug-likeness (QED) is 0.519. The maximum Gasteiger partial charge on any atom is 0.257 e. The lowest BCUT2D eigenvalue weighted by Crippen LogP contribution is -2.37. The molecule has 3 aromatic rings. The van der Waals surface area contributed by atoms with E-state index in [1.165, 1.54) is 11.0 Å². The highest BCUT2D eigenvalue weighted by atomic mass is 19.2. The van der Waals surface area contributed by atoms with Crippen LogP contribution in [0.5, 0.6) is 11.6 Å². The van der Waals surface area contributed by atoms with Gasteiger partial charge < -0.3 is 14.5 Å². The lowest BCUT2D eigenvalue weighted by molar-refractivity contribution is 0.0727. The molecule has 0 atom stereocenters. The van der Waals surface area contributed by atoms with Crippen molar-refractivity contribution >= 4 is 11.9 Å². The first-order valence-corrected chi connectivity index (χ1v) is 10.9. The lowest BCUT2D eigenvalue weighted by Gasteiger charge is -2.30. The predicted octanol–water partition coefficient (Wildman–Crippen LogP) is 4.62. The molecule has 0 radical (unpaired) electrons. The van der Waals surface area contributed by atoms with E-state index in [0.29, 0.717) is 29.7 Å². The van der Waals surface area contributed by atoms with Gasteiger partial charge in [-0.3, -0.25) is 4.79 Å². The molecule has 1 saturated heterocycles. The van der Waals surface area contributed by atoms with Gasteiger partial charge >= 0.3 is 0 Å². The number of ether oxygens (including phenoxy) is 1. The molecule has 2 aliphatic heterocycles. The zero-order valence-electron chi connectivity index (χ0n) is 18.0. The molecule has 10 heteroatoms. The second-order valence-electron chi connectivity index (χ2n) is 8.23. The fourth-order valence-electron chi connectivity index (χ4n) is 4.17. The Morgan fingerprint density at radius 1 is 0.882 bits per heavy atom. The molecule has 0 saturated carbocycles. The van der Waals surface area contributed by atoms with Gasteiger partial charge in [0.1, 0.15) is 17.4 Å². The fourth-order valence-corrected chi connectivity index (χ4v) is 4.17. The molecular formula is C24H20F4N4O2. The number of halogens is 4. The summed E-state index contributed by atoms with van der Waals surface area (Å²) >= 11 is 0. The van der Waals surface area contributed by atoms with Crippen LogP contribution in [0, 0.1) is 23.3 Å². The number of carbonyl (C=O) groups is 1. The second-order valence-corrected chi connectivity index (χ2v) is 8.23. The number of nitrogens with zero attached hydrogens (tertiary/aromatic N) is 4. The molecule has 0 unspecified atom stereocenters. The Morgan fingerprint density at radius 2 is 1.68 bits per heavy atom. The van der Waals surface area contributed by atoms with E-state index >= 15 is 0 Å². The number of aromatic nitrogens is 2. The van der Waals surface area contributed by atoms with E-state index < -0.39 is 29.2 Å². The van der Waals surface area contributed by atoms with Crippen LogP contribution in [0.1, 0.15) is 34.5 Å². The third-order valence-electron chi connectivity index (χ3n) is 5.95. The molecule has 1 amide bonds. The molecule has 3 heterocycles. The van der Waals surface area contributed by atoms with E-state index in [2.05, 4.69) is 9.97 Å². The Bertz CT molecular complexity index is 1260. The summed E-state index contributed by atoms with van der Waals surface area (Å²) in [5.41, 5.74) is 0.912. The summed E-state index contributed by atoms with van der Waals surface area (Å²) in [4.78, 5) is 25.6. The summed E-state index contributed by atoms with van der Waals surface area (Å²) in [6, 6.07) is 5.94. The van der Waals surface area contributed by atoms with Gasteiger partial charge in [-0.25, -0.2) is 22.5 Å². The Labute approximate surface area is 192 Å². The monoisotopic (exact) mass is 472 g/mol. The number of carbonyl (C=O) groups excluding carboxylic acids is 1. The summed E-state index contributed by atoms with van der Waals surface area (Å²) in [6.07, 6.45) is 2.37. The molecule has 2 aliphatic rings. The van der Waals surface area contributed by atoms with E-state index in [1.807, 2.05) is 4.90 Å². The maximum atomic E-state index is 14.2. The zero-order valence-corrected chi connectivity index (χ0v) is 18.0. The number of amides is 1. The normalized spacial score (nSPS) is 15.4. The van der Waals surface area contributed by atoms with Crippen molar-refractivity contribution in [1.82, 2.24) is 14.9 Å². The van der Waals surface area contributed by atoms with Crippen molar-refractivity contribution < 1.29 is 27.1 Å². The van der Waals surface area contributed by atoms with E-state index in [1.54, 1.807) is 0 Å². The van der Waals surface area contributed by atoms with Gasteiger partial charge in [0.25, 0.3) is 5.91 Å². The van der Waals surface area contributed by atoms with Crippen molar-refractivity contribution in [2.45, 2.75) is 25.8 Å². The highest BCUT2D eigenvalue weighted by Gasteiger charge is 2.30. The van der Waals surface area contributed by atoms with Crippen LogP contribution >= 0.6 is 0 Å². The third-order valence-corrected chi connectivity index (χ3v) is 5.95. The minimum absolute atomic E-state index is 0.0181. The molecule has 1 fully saturated rings. The Hall–Kier alpha value is -3.69. The first-order valence-electron chi connectivity index (χ1n) is 10.9. The molecule has 34 heavy (non-hydrogen) atoms.